The minimum absolute atomic E-state index is 0. The third kappa shape index (κ3) is 20.0. The first-order chi connectivity index (χ1) is 50.2. The van der Waals surface area contributed by atoms with Gasteiger partial charge in [-0.05, 0) is 58.2 Å². The van der Waals surface area contributed by atoms with E-state index >= 15 is 0 Å². The van der Waals surface area contributed by atoms with Gasteiger partial charge in [0.05, 0.1) is 51.6 Å². The Kier molecular flexibility index (Phi) is 33.9. The summed E-state index contributed by atoms with van der Waals surface area (Å²) in [5.74, 6) is -3.73. The molecule has 108 heavy (non-hydrogen) atoms. The van der Waals surface area contributed by atoms with Gasteiger partial charge in [-0.3, -0.25) is 47.9 Å². The summed E-state index contributed by atoms with van der Waals surface area (Å²) in [5, 5.41) is 20.8. The Morgan fingerprint density at radius 1 is 0.454 bits per heavy atom. The molecule has 0 spiro atoms. The largest absolute Gasteiger partial charge is 1.00 e. The number of halogens is 1. The molecule has 6 aromatic rings. The fraction of sp³-hybridized carbons (Fsp3) is 0.458. The molecule has 4 N–H and O–H groups in total. The number of carbonyl (C=O) groups is 9. The van der Waals surface area contributed by atoms with Crippen molar-refractivity contribution in [1.82, 2.24) is 44.5 Å². The number of aliphatic carboxylic acids is 2. The van der Waals surface area contributed by atoms with E-state index in [1.807, 2.05) is 137 Å². The van der Waals surface area contributed by atoms with Crippen molar-refractivity contribution in [2.75, 3.05) is 108 Å². The summed E-state index contributed by atoms with van der Waals surface area (Å²) in [7, 11) is 8.33. The van der Waals surface area contributed by atoms with Gasteiger partial charge in [-0.15, -0.1) is 0 Å². The monoisotopic (exact) mass is 1480 g/mol. The molecule has 6 heterocycles. The predicted octanol–water partition coefficient (Wildman–Crippen LogP) is 5.40. The molecule has 6 fully saturated rings. The van der Waals surface area contributed by atoms with Gasteiger partial charge >= 0.3 is 42.7 Å². The number of hydrogen-bond donors (Lipinski definition) is 3. The van der Waals surface area contributed by atoms with Crippen LogP contribution in [0.25, 0.3) is 0 Å². The van der Waals surface area contributed by atoms with Gasteiger partial charge in [-0.25, -0.2) is 14.4 Å². The maximum absolute atomic E-state index is 13.8. The zero-order valence-corrected chi connectivity index (χ0v) is 63.1. The van der Waals surface area contributed by atoms with E-state index in [4.69, 9.17) is 16.0 Å². The summed E-state index contributed by atoms with van der Waals surface area (Å²) >= 11 is 0. The Balaban J connectivity index is 0.000000339. The molecule has 0 aromatic heterocycles. The van der Waals surface area contributed by atoms with Crippen molar-refractivity contribution in [3.8, 4) is 0 Å². The van der Waals surface area contributed by atoms with Crippen molar-refractivity contribution in [1.29, 1.82) is 0 Å². The van der Waals surface area contributed by atoms with Crippen molar-refractivity contribution >= 4 is 53.4 Å². The van der Waals surface area contributed by atoms with E-state index in [9.17, 15) is 52.6 Å². The molecular formula is C83H111FLiN9O14. The predicted molar refractivity (Wildman–Crippen MR) is 408 cm³/mol. The number of hydrogen-bond acceptors (Lipinski definition) is 16. The number of benzene rings is 6. The Morgan fingerprint density at radius 2 is 0.694 bits per heavy atom. The first kappa shape index (κ1) is 89.5. The van der Waals surface area contributed by atoms with Gasteiger partial charge in [0.2, 0.25) is 29.5 Å². The maximum Gasteiger partial charge on any atom is 1.00 e. The van der Waals surface area contributed by atoms with Crippen molar-refractivity contribution in [3.63, 3.8) is 0 Å². The molecule has 6 aliphatic heterocycles. The van der Waals surface area contributed by atoms with Crippen LogP contribution in [0.2, 0.25) is 0 Å². The van der Waals surface area contributed by atoms with E-state index < -0.39 is 54.3 Å². The second kappa shape index (κ2) is 40.9. The van der Waals surface area contributed by atoms with Crippen molar-refractivity contribution in [2.45, 2.75) is 104 Å². The molecule has 6 saturated heterocycles. The summed E-state index contributed by atoms with van der Waals surface area (Å²) < 4.78 is 25.2. The topological polar surface area (TPSA) is 280 Å². The second-order valence-corrected chi connectivity index (χ2v) is 28.3. The smallest absolute Gasteiger partial charge is 0.870 e. The van der Waals surface area contributed by atoms with Crippen LogP contribution in [-0.2, 0) is 63.7 Å². The summed E-state index contributed by atoms with van der Waals surface area (Å²) in [6, 6.07) is 59.0. The number of nitrogens with zero attached hydrogens (tertiary/aromatic N) is 8. The van der Waals surface area contributed by atoms with Crippen LogP contribution >= 0.6 is 0 Å². The number of likely N-dealkylation sites (tertiary alicyclic amines) is 2. The first-order valence-electron chi connectivity index (χ1n) is 36.0. The minimum atomic E-state index is -1.01. The number of likely N-dealkylation sites (N-methyl/N-ethyl adjacent to an activating group) is 4. The molecule has 0 radical (unpaired) electrons. The van der Waals surface area contributed by atoms with Gasteiger partial charge in [0.25, 0.3) is 0 Å². The number of nitrogens with one attached hydrogen (secondary N) is 1. The molecule has 3 unspecified atom stereocenters. The van der Waals surface area contributed by atoms with E-state index in [2.05, 4.69) is 87.9 Å². The Labute approximate surface area is 650 Å². The summed E-state index contributed by atoms with van der Waals surface area (Å²) in [6.07, 6.45) is 0. The number of alkyl halides is 1. The van der Waals surface area contributed by atoms with Gasteiger partial charge < -0.3 is 55.0 Å². The van der Waals surface area contributed by atoms with Crippen molar-refractivity contribution < 1.29 is 92.9 Å². The number of rotatable bonds is 23. The molecule has 9 atom stereocenters. The van der Waals surface area contributed by atoms with Crippen LogP contribution < -0.4 is 24.2 Å². The molecule has 580 valence electrons. The zero-order chi connectivity index (χ0) is 76.6. The average molecular weight is 1490 g/mol. The van der Waals surface area contributed by atoms with Crippen LogP contribution in [0.15, 0.2) is 182 Å². The Hall–Kier alpha value is -9.12. The van der Waals surface area contributed by atoms with Crippen LogP contribution in [-0.4, -0.2) is 253 Å². The minimum Gasteiger partial charge on any atom is -0.870 e. The van der Waals surface area contributed by atoms with Crippen molar-refractivity contribution in [3.05, 3.63) is 215 Å². The fourth-order valence-electron chi connectivity index (χ4n) is 14.7. The van der Waals surface area contributed by atoms with Crippen LogP contribution in [0.5, 0.6) is 0 Å². The van der Waals surface area contributed by atoms with E-state index in [0.29, 0.717) is 52.4 Å². The van der Waals surface area contributed by atoms with Crippen LogP contribution in [0.3, 0.4) is 0 Å². The Bertz CT molecular complexity index is 3710. The SMILES string of the molecule is C.C.CC(C)[C@@H](C(=O)O)N(C)C(=O)C1CN(C(=O)[C@@H]2CN2C(c2ccccc2)(c2ccccc2)c2ccccc2)C1.CN1C[C@H]1C(=O)O.COC(=O)[C@H](C(C)C)N(C)C(=O)C1CN(C(=O)[C@@H]2CN2C(c2ccccc2)(c2ccccc2)c2ccccc2)C1.COC(=O)[C@H](C(C)C)N(C)C(=O)C1CNC1.[2H]CF.[Li+].[OH-]. The number of carboxylic acid groups (broad SMARTS) is 2. The third-order valence-corrected chi connectivity index (χ3v) is 20.5. The number of carboxylic acids is 2. The van der Waals surface area contributed by atoms with Gasteiger partial charge in [0.1, 0.15) is 36.3 Å². The van der Waals surface area contributed by atoms with Crippen molar-refractivity contribution in [2.24, 2.45) is 35.5 Å². The molecule has 12 rings (SSSR count). The normalized spacial score (nSPS) is 19.6. The van der Waals surface area contributed by atoms with Gasteiger partial charge in [-0.1, -0.05) is 238 Å². The molecule has 6 aliphatic rings. The first-order valence-corrected chi connectivity index (χ1v) is 35.3. The molecule has 23 nitrogen and oxygen atoms in total. The average Bonchev–Trinajstić information content (AvgIpc) is 1.56. The maximum atomic E-state index is 13.8. The quantitative estimate of drug-likeness (QED) is 0.0313. The van der Waals surface area contributed by atoms with E-state index in [0.717, 1.165) is 39.9 Å². The number of esters is 2. The molecule has 0 bridgehead atoms. The van der Waals surface area contributed by atoms with Gasteiger partial charge in [-0.2, -0.15) is 0 Å². The van der Waals surface area contributed by atoms with Gasteiger partial charge in [0.15, 0.2) is 0 Å². The summed E-state index contributed by atoms with van der Waals surface area (Å²) in [5.41, 5.74) is 5.29. The van der Waals surface area contributed by atoms with E-state index in [1.54, 1.807) is 56.7 Å². The third-order valence-electron chi connectivity index (χ3n) is 20.5. The van der Waals surface area contributed by atoms with Gasteiger partial charge in [0, 0.05) is 80.0 Å². The van der Waals surface area contributed by atoms with Crippen LogP contribution in [0.4, 0.5) is 4.39 Å². The standard InChI is InChI=1S/C33H37N3O4.C32H35N3O4.C11H20N2O3.C4H7NO2.CH3F.2CH4.Li.H2O/c1-23(2)29(32(39)40-4)34(3)30(37)24-20-35(21-24)31(38)28-22-36(28)33(25-14-8-5-9-15-25,26-16-10-6-11-17-26)27-18-12-7-13-19-27;1-22(2)28(31(38)39)33(3)29(36)23-19-34(20-23)30(37)27-21-35(27)32(24-13-7-4-8-14-24,25-15-9-5-10-16-25)26-17-11-6-12-18-26;1-7(2)9(11(15)16-4)13(3)10(14)8-5-12-6-8;1-5-2-3(5)4(6)7;1-2;;;;/h5-19,23-24,28-29H,20-22H2,1-4H3;4-18,22-23,27-28H,19-21H2,1-3H3,(H,38,39);7-9,12H,5-6H2,1-4H3;3H,2H2,1H3,(H,6,7);1H3;2*1H4;;1H2/q;;;;;;;+1;/p-1/t28-,29-,36?;27-,28-,35?;9-;3-,5?;;;;;/m0000...../s1/i;;;;1D;;;;. The number of ether oxygens (including phenoxy) is 2. The number of methoxy groups -OCH3 is 2. The molecular weight excluding hydrogens is 1370 g/mol. The van der Waals surface area contributed by atoms with Crippen LogP contribution in [0, 0.1) is 35.5 Å². The number of carbonyl (C=O) groups excluding carboxylic acids is 7. The molecule has 25 heteroatoms. The summed E-state index contributed by atoms with van der Waals surface area (Å²) in [6.45, 7) is 15.8. The molecule has 6 aromatic carbocycles. The van der Waals surface area contributed by atoms with E-state index in [1.165, 1.54) is 28.9 Å². The zero-order valence-electron chi connectivity index (χ0n) is 64.1. The van der Waals surface area contributed by atoms with Crippen LogP contribution in [0.1, 0.15) is 91.1 Å². The number of amides is 5. The molecule has 0 saturated carbocycles. The fourth-order valence-corrected chi connectivity index (χ4v) is 14.7. The Morgan fingerprint density at radius 3 is 0.880 bits per heavy atom. The summed E-state index contributed by atoms with van der Waals surface area (Å²) in [4.78, 5) is 125. The molecule has 5 amide bonds. The molecule has 0 aliphatic carbocycles. The second-order valence-electron chi connectivity index (χ2n) is 28.3. The van der Waals surface area contributed by atoms with E-state index in [-0.39, 0.29) is 128 Å².